The molecule has 1 N–H and O–H groups in total. The lowest BCUT2D eigenvalue weighted by Crippen LogP contribution is -2.05. The molecule has 2 rings (SSSR count). The number of hydrogen-bond donors (Lipinski definition) is 1. The summed E-state index contributed by atoms with van der Waals surface area (Å²) in [7, 11) is 1.94. The van der Waals surface area contributed by atoms with Crippen molar-refractivity contribution in [3.05, 3.63) is 57.2 Å². The molecule has 2 nitrogen and oxygen atoms in total. The van der Waals surface area contributed by atoms with Crippen molar-refractivity contribution in [1.29, 1.82) is 0 Å². The maximum atomic E-state index is 5.94. The van der Waals surface area contributed by atoms with Gasteiger partial charge in [-0.05, 0) is 72.0 Å². The van der Waals surface area contributed by atoms with Gasteiger partial charge in [-0.15, -0.1) is 0 Å². The summed E-state index contributed by atoms with van der Waals surface area (Å²) in [5.41, 5.74) is 2.37. The highest BCUT2D eigenvalue weighted by Crippen LogP contribution is 2.27. The van der Waals surface area contributed by atoms with E-state index in [-0.39, 0.29) is 0 Å². The highest BCUT2D eigenvalue weighted by molar-refractivity contribution is 14.1. The van der Waals surface area contributed by atoms with Gasteiger partial charge >= 0.3 is 0 Å². The number of rotatable bonds is 4. The lowest BCUT2D eigenvalue weighted by atomic mass is 10.1. The molecule has 2 aromatic rings. The largest absolute Gasteiger partial charge is 0.457 e. The van der Waals surface area contributed by atoms with Crippen molar-refractivity contribution in [2.24, 2.45) is 0 Å². The van der Waals surface area contributed by atoms with Gasteiger partial charge in [-0.1, -0.05) is 18.2 Å². The van der Waals surface area contributed by atoms with E-state index in [2.05, 4.69) is 59.1 Å². The van der Waals surface area contributed by atoms with Crippen LogP contribution < -0.4 is 10.1 Å². The molecule has 0 saturated carbocycles. The smallest absolute Gasteiger partial charge is 0.130 e. The number of ether oxygens (including phenoxy) is 1. The Kier molecular flexibility index (Phi) is 4.60. The summed E-state index contributed by atoms with van der Waals surface area (Å²) in [5.74, 6) is 1.80. The molecule has 0 spiro atoms. The third-order valence-electron chi connectivity index (χ3n) is 2.66. The minimum absolute atomic E-state index is 0.850. The molecule has 0 saturated heterocycles. The first kappa shape index (κ1) is 13.4. The van der Waals surface area contributed by atoms with Gasteiger partial charge < -0.3 is 10.1 Å². The third kappa shape index (κ3) is 3.46. The van der Waals surface area contributed by atoms with Crippen molar-refractivity contribution in [3.63, 3.8) is 0 Å². The SMILES string of the molecule is CNCc1ccc(C)c(Oc2cccc(I)c2)c1. The zero-order chi connectivity index (χ0) is 13.0. The first-order chi connectivity index (χ1) is 8.69. The molecule has 0 atom stereocenters. The van der Waals surface area contributed by atoms with Crippen molar-refractivity contribution in [2.45, 2.75) is 13.5 Å². The van der Waals surface area contributed by atoms with Crippen LogP contribution in [0, 0.1) is 10.5 Å². The van der Waals surface area contributed by atoms with Gasteiger partial charge in [0.15, 0.2) is 0 Å². The second-order valence-electron chi connectivity index (χ2n) is 4.19. The summed E-state index contributed by atoms with van der Waals surface area (Å²) < 4.78 is 7.12. The van der Waals surface area contributed by atoms with E-state index in [0.717, 1.165) is 23.6 Å². The molecule has 0 fully saturated rings. The summed E-state index contributed by atoms with van der Waals surface area (Å²) in [6.45, 7) is 2.91. The molecule has 0 aromatic heterocycles. The fraction of sp³-hybridized carbons (Fsp3) is 0.200. The van der Waals surface area contributed by atoms with Crippen molar-refractivity contribution in [2.75, 3.05) is 7.05 Å². The van der Waals surface area contributed by atoms with Gasteiger partial charge in [0.25, 0.3) is 0 Å². The Morgan fingerprint density at radius 2 is 2.00 bits per heavy atom. The highest BCUT2D eigenvalue weighted by Gasteiger charge is 2.03. The van der Waals surface area contributed by atoms with Crippen LogP contribution in [0.5, 0.6) is 11.5 Å². The maximum Gasteiger partial charge on any atom is 0.130 e. The van der Waals surface area contributed by atoms with Crippen molar-refractivity contribution < 1.29 is 4.74 Å². The van der Waals surface area contributed by atoms with E-state index in [1.54, 1.807) is 0 Å². The lowest BCUT2D eigenvalue weighted by Gasteiger charge is -2.11. The van der Waals surface area contributed by atoms with E-state index in [0.29, 0.717) is 0 Å². The van der Waals surface area contributed by atoms with Crippen LogP contribution in [0.15, 0.2) is 42.5 Å². The Morgan fingerprint density at radius 3 is 2.72 bits per heavy atom. The van der Waals surface area contributed by atoms with Gasteiger partial charge in [0.2, 0.25) is 0 Å². The molecule has 2 aromatic carbocycles. The van der Waals surface area contributed by atoms with Crippen LogP contribution >= 0.6 is 22.6 Å². The van der Waals surface area contributed by atoms with Crippen LogP contribution in [0.4, 0.5) is 0 Å². The molecule has 0 amide bonds. The normalized spacial score (nSPS) is 10.4. The summed E-state index contributed by atoms with van der Waals surface area (Å²) in [6.07, 6.45) is 0. The molecule has 3 heteroatoms. The van der Waals surface area contributed by atoms with Crippen LogP contribution in [0.1, 0.15) is 11.1 Å². The van der Waals surface area contributed by atoms with Gasteiger partial charge in [-0.2, -0.15) is 0 Å². The number of benzene rings is 2. The fourth-order valence-electron chi connectivity index (χ4n) is 1.73. The zero-order valence-electron chi connectivity index (χ0n) is 10.5. The molecular weight excluding hydrogens is 337 g/mol. The summed E-state index contributed by atoms with van der Waals surface area (Å²) >= 11 is 2.29. The number of halogens is 1. The van der Waals surface area contributed by atoms with Gasteiger partial charge in [-0.3, -0.25) is 0 Å². The van der Waals surface area contributed by atoms with E-state index in [9.17, 15) is 0 Å². The fourth-order valence-corrected chi connectivity index (χ4v) is 2.24. The van der Waals surface area contributed by atoms with Gasteiger partial charge in [0, 0.05) is 10.1 Å². The Balaban J connectivity index is 2.25. The maximum absolute atomic E-state index is 5.94. The van der Waals surface area contributed by atoms with E-state index < -0.39 is 0 Å². The van der Waals surface area contributed by atoms with E-state index in [1.165, 1.54) is 9.13 Å². The van der Waals surface area contributed by atoms with Gasteiger partial charge in [0.05, 0.1) is 0 Å². The molecule has 94 valence electrons. The molecule has 0 aliphatic heterocycles. The standard InChI is InChI=1S/C15H16INO/c1-11-6-7-12(10-17-2)8-15(11)18-14-5-3-4-13(16)9-14/h3-9,17H,10H2,1-2H3. The Hall–Kier alpha value is -1.07. The van der Waals surface area contributed by atoms with Crippen molar-refractivity contribution in [1.82, 2.24) is 5.32 Å². The summed E-state index contributed by atoms with van der Waals surface area (Å²) in [4.78, 5) is 0. The lowest BCUT2D eigenvalue weighted by molar-refractivity contribution is 0.477. The van der Waals surface area contributed by atoms with E-state index in [4.69, 9.17) is 4.74 Å². The van der Waals surface area contributed by atoms with E-state index in [1.807, 2.05) is 25.2 Å². The Morgan fingerprint density at radius 1 is 1.17 bits per heavy atom. The second-order valence-corrected chi connectivity index (χ2v) is 5.44. The minimum Gasteiger partial charge on any atom is -0.457 e. The molecule has 0 aliphatic rings. The quantitative estimate of drug-likeness (QED) is 0.836. The van der Waals surface area contributed by atoms with Gasteiger partial charge in [0.1, 0.15) is 11.5 Å². The number of nitrogens with one attached hydrogen (secondary N) is 1. The number of aryl methyl sites for hydroxylation is 1. The molecule has 0 unspecified atom stereocenters. The molecule has 0 bridgehead atoms. The van der Waals surface area contributed by atoms with Crippen LogP contribution in [0.3, 0.4) is 0 Å². The summed E-state index contributed by atoms with van der Waals surface area (Å²) in [6, 6.07) is 14.4. The first-order valence-electron chi connectivity index (χ1n) is 5.86. The topological polar surface area (TPSA) is 21.3 Å². The van der Waals surface area contributed by atoms with E-state index >= 15 is 0 Å². The average Bonchev–Trinajstić information content (AvgIpc) is 2.34. The Bertz CT molecular complexity index is 540. The van der Waals surface area contributed by atoms with Crippen LogP contribution in [0.25, 0.3) is 0 Å². The molecular formula is C15H16INO. The predicted molar refractivity (Wildman–Crippen MR) is 83.2 cm³/mol. The van der Waals surface area contributed by atoms with Crippen LogP contribution in [-0.4, -0.2) is 7.05 Å². The molecule has 0 radical (unpaired) electrons. The molecule has 18 heavy (non-hydrogen) atoms. The molecule has 0 aliphatic carbocycles. The van der Waals surface area contributed by atoms with Crippen LogP contribution in [0.2, 0.25) is 0 Å². The summed E-state index contributed by atoms with van der Waals surface area (Å²) in [5, 5.41) is 3.15. The monoisotopic (exact) mass is 353 g/mol. The average molecular weight is 353 g/mol. The van der Waals surface area contributed by atoms with Crippen molar-refractivity contribution >= 4 is 22.6 Å². The van der Waals surface area contributed by atoms with Gasteiger partial charge in [-0.25, -0.2) is 0 Å². The zero-order valence-corrected chi connectivity index (χ0v) is 12.7. The second kappa shape index (κ2) is 6.20. The number of hydrogen-bond acceptors (Lipinski definition) is 2. The third-order valence-corrected chi connectivity index (χ3v) is 3.33. The highest BCUT2D eigenvalue weighted by atomic mass is 127. The first-order valence-corrected chi connectivity index (χ1v) is 6.94. The molecule has 0 heterocycles. The van der Waals surface area contributed by atoms with Crippen LogP contribution in [-0.2, 0) is 6.54 Å². The predicted octanol–water partition coefficient (Wildman–Crippen LogP) is 4.11. The minimum atomic E-state index is 0.850. The Labute approximate surface area is 122 Å². The van der Waals surface area contributed by atoms with Crippen molar-refractivity contribution in [3.8, 4) is 11.5 Å².